The topological polar surface area (TPSA) is 63.2 Å². The lowest BCUT2D eigenvalue weighted by molar-refractivity contribution is 0.0974. The van der Waals surface area contributed by atoms with Gasteiger partial charge in [-0.05, 0) is 61.1 Å². The van der Waals surface area contributed by atoms with E-state index in [4.69, 9.17) is 17.0 Å². The van der Waals surface area contributed by atoms with Crippen molar-refractivity contribution in [2.45, 2.75) is 6.92 Å². The van der Waals surface area contributed by atoms with Crippen LogP contribution in [-0.2, 0) is 0 Å². The average Bonchev–Trinajstić information content (AvgIpc) is 2.61. The van der Waals surface area contributed by atoms with Crippen LogP contribution in [0.4, 0.5) is 5.69 Å². The molecule has 0 radical (unpaired) electrons. The number of thiocarbonyl (C=S) groups is 1. The highest BCUT2D eigenvalue weighted by atomic mass is 79.9. The number of pyridine rings is 1. The number of hydrogen-bond donors (Lipinski definition) is 2. The van der Waals surface area contributed by atoms with Crippen molar-refractivity contribution in [2.75, 3.05) is 12.4 Å². The number of nitrogens with zero attached hydrogens (tertiary/aromatic N) is 1. The number of hydrogen-bond acceptors (Lipinski definition) is 4. The van der Waals surface area contributed by atoms with E-state index in [9.17, 15) is 4.79 Å². The third kappa shape index (κ3) is 3.84. The molecule has 0 aliphatic rings. The molecule has 1 amide bonds. The number of benzene rings is 2. The standard InChI is InChI=1S/C19H16BrN3O2S/c1-11-9-12(20)10-14(17(11)25-2)18(24)23-19(26)22-16-7-3-6-15-13(16)5-4-8-21-15/h3-10H,1-2H3,(H2,22,23,24,26). The summed E-state index contributed by atoms with van der Waals surface area (Å²) in [6.45, 7) is 1.88. The Morgan fingerprint density at radius 1 is 1.23 bits per heavy atom. The van der Waals surface area contributed by atoms with Crippen LogP contribution >= 0.6 is 28.1 Å². The van der Waals surface area contributed by atoms with Gasteiger partial charge in [0.2, 0.25) is 0 Å². The number of aromatic nitrogens is 1. The number of nitrogens with one attached hydrogen (secondary N) is 2. The highest BCUT2D eigenvalue weighted by Gasteiger charge is 2.17. The van der Waals surface area contributed by atoms with Crippen LogP contribution in [0.25, 0.3) is 10.9 Å². The summed E-state index contributed by atoms with van der Waals surface area (Å²) in [5.41, 5.74) is 2.88. The normalized spacial score (nSPS) is 10.4. The Hall–Kier alpha value is -2.51. The van der Waals surface area contributed by atoms with Gasteiger partial charge in [-0.25, -0.2) is 0 Å². The average molecular weight is 430 g/mol. The van der Waals surface area contributed by atoms with E-state index in [1.807, 2.05) is 43.3 Å². The maximum Gasteiger partial charge on any atom is 0.261 e. The summed E-state index contributed by atoms with van der Waals surface area (Å²) in [5, 5.41) is 6.88. The molecule has 0 aliphatic heterocycles. The number of amides is 1. The van der Waals surface area contributed by atoms with Gasteiger partial charge >= 0.3 is 0 Å². The highest BCUT2D eigenvalue weighted by molar-refractivity contribution is 9.10. The van der Waals surface area contributed by atoms with Gasteiger partial charge in [0, 0.05) is 21.7 Å². The van der Waals surface area contributed by atoms with E-state index < -0.39 is 0 Å². The molecule has 0 saturated carbocycles. The second kappa shape index (κ2) is 7.80. The molecule has 3 rings (SSSR count). The molecule has 1 heterocycles. The van der Waals surface area contributed by atoms with Crippen LogP contribution in [0.3, 0.4) is 0 Å². The number of fused-ring (bicyclic) bond motifs is 1. The molecule has 0 atom stereocenters. The minimum absolute atomic E-state index is 0.200. The molecule has 0 fully saturated rings. The second-order valence-corrected chi connectivity index (χ2v) is 6.91. The summed E-state index contributed by atoms with van der Waals surface area (Å²) in [7, 11) is 1.53. The van der Waals surface area contributed by atoms with Crippen molar-refractivity contribution in [1.82, 2.24) is 10.3 Å². The van der Waals surface area contributed by atoms with E-state index in [-0.39, 0.29) is 11.0 Å². The molecule has 3 aromatic rings. The van der Waals surface area contributed by atoms with Crippen molar-refractivity contribution in [3.05, 3.63) is 64.3 Å². The fourth-order valence-electron chi connectivity index (χ4n) is 2.71. The van der Waals surface area contributed by atoms with Crippen molar-refractivity contribution in [2.24, 2.45) is 0 Å². The summed E-state index contributed by atoms with van der Waals surface area (Å²) < 4.78 is 6.15. The first-order valence-electron chi connectivity index (χ1n) is 7.80. The predicted octanol–water partition coefficient (Wildman–Crippen LogP) is 4.44. The molecule has 1 aromatic heterocycles. The van der Waals surface area contributed by atoms with Crippen LogP contribution in [0.5, 0.6) is 5.75 Å². The minimum Gasteiger partial charge on any atom is -0.496 e. The van der Waals surface area contributed by atoms with Gasteiger partial charge in [0.15, 0.2) is 5.11 Å². The number of anilines is 1. The van der Waals surface area contributed by atoms with Crippen molar-refractivity contribution >= 4 is 55.8 Å². The third-order valence-electron chi connectivity index (χ3n) is 3.81. The number of aryl methyl sites for hydroxylation is 1. The van der Waals surface area contributed by atoms with Crippen LogP contribution < -0.4 is 15.4 Å². The van der Waals surface area contributed by atoms with Gasteiger partial charge in [0.25, 0.3) is 5.91 Å². The molecular formula is C19H16BrN3O2S. The van der Waals surface area contributed by atoms with E-state index in [2.05, 4.69) is 31.5 Å². The fourth-order valence-corrected chi connectivity index (χ4v) is 3.48. The Labute approximate surface area is 164 Å². The number of carbonyl (C=O) groups excluding carboxylic acids is 1. The van der Waals surface area contributed by atoms with Gasteiger partial charge in [0.05, 0.1) is 18.2 Å². The number of methoxy groups -OCH3 is 1. The Bertz CT molecular complexity index is 1000. The van der Waals surface area contributed by atoms with Crippen LogP contribution in [0.2, 0.25) is 0 Å². The van der Waals surface area contributed by atoms with Gasteiger partial charge < -0.3 is 10.1 Å². The quantitative estimate of drug-likeness (QED) is 0.602. The van der Waals surface area contributed by atoms with E-state index in [1.54, 1.807) is 12.3 Å². The third-order valence-corrected chi connectivity index (χ3v) is 4.47. The summed E-state index contributed by atoms with van der Waals surface area (Å²) in [5.74, 6) is 0.171. The van der Waals surface area contributed by atoms with E-state index >= 15 is 0 Å². The molecule has 0 saturated heterocycles. The smallest absolute Gasteiger partial charge is 0.261 e. The van der Waals surface area contributed by atoms with Crippen LogP contribution in [0, 0.1) is 6.92 Å². The number of rotatable bonds is 3. The number of carbonyl (C=O) groups is 1. The molecule has 0 unspecified atom stereocenters. The minimum atomic E-state index is -0.345. The molecule has 0 spiro atoms. The second-order valence-electron chi connectivity index (χ2n) is 5.59. The van der Waals surface area contributed by atoms with Crippen LogP contribution in [-0.4, -0.2) is 23.1 Å². The molecular weight excluding hydrogens is 414 g/mol. The zero-order valence-electron chi connectivity index (χ0n) is 14.2. The molecule has 0 aliphatic carbocycles. The maximum atomic E-state index is 12.6. The van der Waals surface area contributed by atoms with E-state index in [1.165, 1.54) is 7.11 Å². The summed E-state index contributed by atoms with van der Waals surface area (Å²) in [6.07, 6.45) is 1.73. The first-order valence-corrected chi connectivity index (χ1v) is 9.00. The van der Waals surface area contributed by atoms with Gasteiger partial charge in [-0.2, -0.15) is 0 Å². The predicted molar refractivity (Wildman–Crippen MR) is 111 cm³/mol. The van der Waals surface area contributed by atoms with Crippen LogP contribution in [0.1, 0.15) is 15.9 Å². The van der Waals surface area contributed by atoms with Crippen LogP contribution in [0.15, 0.2) is 53.1 Å². The summed E-state index contributed by atoms with van der Waals surface area (Å²) >= 11 is 8.71. The lowest BCUT2D eigenvalue weighted by atomic mass is 10.1. The maximum absolute atomic E-state index is 12.6. The van der Waals surface area contributed by atoms with E-state index in [0.717, 1.165) is 26.6 Å². The van der Waals surface area contributed by atoms with Crippen molar-refractivity contribution in [3.63, 3.8) is 0 Å². The highest BCUT2D eigenvalue weighted by Crippen LogP contribution is 2.28. The molecule has 26 heavy (non-hydrogen) atoms. The van der Waals surface area contributed by atoms with Gasteiger partial charge in [-0.1, -0.05) is 22.0 Å². The lowest BCUT2D eigenvalue weighted by Crippen LogP contribution is -2.34. The van der Waals surface area contributed by atoms with E-state index in [0.29, 0.717) is 11.3 Å². The molecule has 0 bridgehead atoms. The summed E-state index contributed by atoms with van der Waals surface area (Å²) in [6, 6.07) is 13.0. The molecule has 2 N–H and O–H groups in total. The Morgan fingerprint density at radius 2 is 2.04 bits per heavy atom. The SMILES string of the molecule is COc1c(C)cc(Br)cc1C(=O)NC(=S)Nc1cccc2ncccc12. The first kappa shape index (κ1) is 18.3. The fraction of sp³-hybridized carbons (Fsp3) is 0.105. The van der Waals surface area contributed by atoms with Crippen molar-refractivity contribution in [1.29, 1.82) is 0 Å². The first-order chi connectivity index (χ1) is 12.5. The Morgan fingerprint density at radius 3 is 2.81 bits per heavy atom. The molecule has 2 aromatic carbocycles. The van der Waals surface area contributed by atoms with Gasteiger partial charge in [-0.15, -0.1) is 0 Å². The molecule has 132 valence electrons. The largest absolute Gasteiger partial charge is 0.496 e. The Kier molecular flexibility index (Phi) is 5.49. The van der Waals surface area contributed by atoms with Crippen molar-refractivity contribution < 1.29 is 9.53 Å². The van der Waals surface area contributed by atoms with Gasteiger partial charge in [0.1, 0.15) is 5.75 Å². The molecule has 5 nitrogen and oxygen atoms in total. The zero-order chi connectivity index (χ0) is 18.7. The number of halogens is 1. The summed E-state index contributed by atoms with van der Waals surface area (Å²) in [4.78, 5) is 16.9. The Balaban J connectivity index is 1.81. The molecule has 7 heteroatoms. The van der Waals surface area contributed by atoms with Gasteiger partial charge in [-0.3, -0.25) is 15.1 Å². The monoisotopic (exact) mass is 429 g/mol. The number of ether oxygens (including phenoxy) is 1. The van der Waals surface area contributed by atoms with Crippen molar-refractivity contribution in [3.8, 4) is 5.75 Å². The zero-order valence-corrected chi connectivity index (χ0v) is 16.6. The lowest BCUT2D eigenvalue weighted by Gasteiger charge is -2.14.